The Morgan fingerprint density at radius 1 is 1.36 bits per heavy atom. The van der Waals surface area contributed by atoms with E-state index in [1.807, 2.05) is 18.7 Å². The Balaban J connectivity index is 1.62. The number of carbonyl (C=O) groups excluding carboxylic acids is 1. The number of aryl methyl sites for hydroxylation is 1. The van der Waals surface area contributed by atoms with Gasteiger partial charge in [-0.15, -0.1) is 0 Å². The van der Waals surface area contributed by atoms with Crippen LogP contribution in [0.2, 0.25) is 0 Å². The van der Waals surface area contributed by atoms with E-state index in [0.29, 0.717) is 17.9 Å². The van der Waals surface area contributed by atoms with Crippen molar-refractivity contribution in [2.45, 2.75) is 45.6 Å². The van der Waals surface area contributed by atoms with E-state index in [1.54, 1.807) is 18.3 Å². The summed E-state index contributed by atoms with van der Waals surface area (Å²) in [6.07, 6.45) is 4.73. The molecule has 1 N–H and O–H groups in total. The summed E-state index contributed by atoms with van der Waals surface area (Å²) in [6.45, 7) is 4.54. The van der Waals surface area contributed by atoms with Crippen molar-refractivity contribution in [2.75, 3.05) is 6.54 Å². The molecule has 0 unspecified atom stereocenters. The maximum absolute atomic E-state index is 13.5. The maximum Gasteiger partial charge on any atom is 0.227 e. The van der Waals surface area contributed by atoms with Crippen molar-refractivity contribution in [3.05, 3.63) is 58.8 Å². The molecule has 7 heteroatoms. The summed E-state index contributed by atoms with van der Waals surface area (Å²) in [4.78, 5) is 14.9. The molecule has 1 aliphatic heterocycles. The van der Waals surface area contributed by atoms with Gasteiger partial charge in [-0.3, -0.25) is 9.89 Å². The highest BCUT2D eigenvalue weighted by Crippen LogP contribution is 2.37. The molecule has 0 saturated carbocycles. The molecule has 1 atom stereocenters. The predicted molar refractivity (Wildman–Crippen MR) is 102 cm³/mol. The Hall–Kier alpha value is -2.96. The number of benzene rings is 1. The van der Waals surface area contributed by atoms with Gasteiger partial charge in [0.1, 0.15) is 5.82 Å². The lowest BCUT2D eigenvalue weighted by Gasteiger charge is -2.35. The van der Waals surface area contributed by atoms with E-state index >= 15 is 0 Å². The molecule has 0 bridgehead atoms. The van der Waals surface area contributed by atoms with Gasteiger partial charge in [0.15, 0.2) is 5.76 Å². The number of amides is 1. The van der Waals surface area contributed by atoms with Crippen molar-refractivity contribution < 1.29 is 13.7 Å². The molecule has 1 amide bonds. The van der Waals surface area contributed by atoms with E-state index in [4.69, 9.17) is 4.52 Å². The zero-order valence-electron chi connectivity index (χ0n) is 16.0. The van der Waals surface area contributed by atoms with Crippen LogP contribution in [0.15, 0.2) is 35.0 Å². The van der Waals surface area contributed by atoms with Crippen LogP contribution in [-0.2, 0) is 11.2 Å². The lowest BCUT2D eigenvalue weighted by molar-refractivity contribution is -0.134. The summed E-state index contributed by atoms with van der Waals surface area (Å²) in [5.41, 5.74) is 4.20. The second-order valence-corrected chi connectivity index (χ2v) is 7.32. The molecule has 0 spiro atoms. The number of likely N-dealkylation sites (tertiary alicyclic amines) is 1. The SMILES string of the molecule is Cc1noc(-c2cn[nH]c2[C@@H]2CCCCN2C(=O)Cc2cccc(F)c2)c1C. The third kappa shape index (κ3) is 3.44. The minimum Gasteiger partial charge on any atom is -0.356 e. The van der Waals surface area contributed by atoms with Crippen LogP contribution >= 0.6 is 0 Å². The van der Waals surface area contributed by atoms with Crippen molar-refractivity contribution in [3.8, 4) is 11.3 Å². The molecule has 1 saturated heterocycles. The van der Waals surface area contributed by atoms with Crippen molar-refractivity contribution in [2.24, 2.45) is 0 Å². The molecule has 4 rings (SSSR count). The van der Waals surface area contributed by atoms with E-state index in [-0.39, 0.29) is 24.2 Å². The van der Waals surface area contributed by atoms with Gasteiger partial charge in [0.25, 0.3) is 0 Å². The quantitative estimate of drug-likeness (QED) is 0.737. The second-order valence-electron chi connectivity index (χ2n) is 7.32. The zero-order valence-corrected chi connectivity index (χ0v) is 16.0. The first kappa shape index (κ1) is 18.4. The smallest absolute Gasteiger partial charge is 0.227 e. The number of aromatic amines is 1. The Labute approximate surface area is 162 Å². The average molecular weight is 382 g/mol. The second kappa shape index (κ2) is 7.58. The van der Waals surface area contributed by atoms with Gasteiger partial charge in [0.2, 0.25) is 5.91 Å². The number of nitrogens with zero attached hydrogens (tertiary/aromatic N) is 3. The first-order valence-electron chi connectivity index (χ1n) is 9.55. The first-order chi connectivity index (χ1) is 13.5. The molecule has 146 valence electrons. The van der Waals surface area contributed by atoms with Crippen molar-refractivity contribution in [1.82, 2.24) is 20.3 Å². The standard InChI is InChI=1S/C21H23FN4O2/c1-13-14(2)25-28-21(13)17-12-23-24-20(17)18-8-3-4-9-26(18)19(27)11-15-6-5-7-16(22)10-15/h5-7,10,12,18H,3-4,8-9,11H2,1-2H3,(H,23,24)/t18-/m0/s1. The number of aromatic nitrogens is 3. The first-order valence-corrected chi connectivity index (χ1v) is 9.55. The van der Waals surface area contributed by atoms with Gasteiger partial charge in [-0.1, -0.05) is 17.3 Å². The highest BCUT2D eigenvalue weighted by Gasteiger charge is 2.32. The van der Waals surface area contributed by atoms with E-state index < -0.39 is 0 Å². The van der Waals surface area contributed by atoms with E-state index in [2.05, 4.69) is 15.4 Å². The van der Waals surface area contributed by atoms with Crippen LogP contribution in [0.1, 0.15) is 47.8 Å². The van der Waals surface area contributed by atoms with E-state index in [1.165, 1.54) is 12.1 Å². The molecule has 1 aromatic carbocycles. The largest absolute Gasteiger partial charge is 0.356 e. The molecular formula is C21H23FN4O2. The molecule has 0 aliphatic carbocycles. The van der Waals surface area contributed by atoms with Gasteiger partial charge in [0, 0.05) is 12.1 Å². The van der Waals surface area contributed by atoms with Crippen molar-refractivity contribution in [1.29, 1.82) is 0 Å². The fourth-order valence-corrected chi connectivity index (χ4v) is 3.85. The number of nitrogens with one attached hydrogen (secondary N) is 1. The summed E-state index contributed by atoms with van der Waals surface area (Å²) in [6, 6.07) is 6.10. The predicted octanol–water partition coefficient (Wildman–Crippen LogP) is 4.12. The third-order valence-corrected chi connectivity index (χ3v) is 5.47. The van der Waals surface area contributed by atoms with Gasteiger partial charge in [-0.25, -0.2) is 4.39 Å². The van der Waals surface area contributed by atoms with Crippen LogP contribution in [-0.4, -0.2) is 32.7 Å². The molecule has 1 aliphatic rings. The number of piperidine rings is 1. The lowest BCUT2D eigenvalue weighted by atomic mass is 9.94. The van der Waals surface area contributed by atoms with Gasteiger partial charge in [0.05, 0.1) is 35.6 Å². The number of carbonyl (C=O) groups is 1. The molecule has 2 aromatic heterocycles. The molecule has 3 heterocycles. The van der Waals surface area contributed by atoms with Gasteiger partial charge < -0.3 is 9.42 Å². The van der Waals surface area contributed by atoms with Crippen LogP contribution in [0.25, 0.3) is 11.3 Å². The van der Waals surface area contributed by atoms with Crippen molar-refractivity contribution in [3.63, 3.8) is 0 Å². The van der Waals surface area contributed by atoms with Crippen LogP contribution in [0.3, 0.4) is 0 Å². The van der Waals surface area contributed by atoms with E-state index in [9.17, 15) is 9.18 Å². The molecule has 28 heavy (non-hydrogen) atoms. The molecular weight excluding hydrogens is 359 g/mol. The number of halogens is 1. The van der Waals surface area contributed by atoms with Crippen LogP contribution in [0.5, 0.6) is 0 Å². The summed E-state index contributed by atoms with van der Waals surface area (Å²) in [5, 5.41) is 11.3. The summed E-state index contributed by atoms with van der Waals surface area (Å²) >= 11 is 0. The fraction of sp³-hybridized carbons (Fsp3) is 0.381. The van der Waals surface area contributed by atoms with Crippen LogP contribution in [0.4, 0.5) is 4.39 Å². The lowest BCUT2D eigenvalue weighted by Crippen LogP contribution is -2.39. The Morgan fingerprint density at radius 2 is 2.21 bits per heavy atom. The Bertz CT molecular complexity index is 994. The molecule has 1 fully saturated rings. The normalized spacial score (nSPS) is 17.1. The van der Waals surface area contributed by atoms with Crippen molar-refractivity contribution >= 4 is 5.91 Å². The number of hydrogen-bond donors (Lipinski definition) is 1. The molecule has 6 nitrogen and oxygen atoms in total. The third-order valence-electron chi connectivity index (χ3n) is 5.47. The maximum atomic E-state index is 13.5. The number of hydrogen-bond acceptors (Lipinski definition) is 4. The minimum atomic E-state index is -0.326. The highest BCUT2D eigenvalue weighted by atomic mass is 19.1. The summed E-state index contributed by atoms with van der Waals surface area (Å²) in [5.74, 6) is 0.346. The topological polar surface area (TPSA) is 75.0 Å². The van der Waals surface area contributed by atoms with Gasteiger partial charge in [-0.05, 0) is 50.8 Å². The molecule has 3 aromatic rings. The number of H-pyrrole nitrogens is 1. The van der Waals surface area contributed by atoms with Crippen LogP contribution < -0.4 is 0 Å². The average Bonchev–Trinajstić information content (AvgIpc) is 3.29. The van der Waals surface area contributed by atoms with E-state index in [0.717, 1.165) is 41.8 Å². The summed E-state index contributed by atoms with van der Waals surface area (Å²) < 4.78 is 19.0. The van der Waals surface area contributed by atoms with Gasteiger partial charge in [-0.2, -0.15) is 5.10 Å². The highest BCUT2D eigenvalue weighted by molar-refractivity contribution is 5.80. The van der Waals surface area contributed by atoms with Crippen LogP contribution in [0, 0.1) is 19.7 Å². The Kier molecular flexibility index (Phi) is 4.98. The van der Waals surface area contributed by atoms with Gasteiger partial charge >= 0.3 is 0 Å². The number of rotatable bonds is 4. The monoisotopic (exact) mass is 382 g/mol. The zero-order chi connectivity index (χ0) is 19.7. The Morgan fingerprint density at radius 3 is 2.96 bits per heavy atom. The molecule has 0 radical (unpaired) electrons. The fourth-order valence-electron chi connectivity index (χ4n) is 3.85. The minimum absolute atomic E-state index is 0.0127. The summed E-state index contributed by atoms with van der Waals surface area (Å²) in [7, 11) is 0.